The van der Waals surface area contributed by atoms with Crippen LogP contribution in [0.5, 0.6) is 0 Å². The van der Waals surface area contributed by atoms with Gasteiger partial charge in [-0.1, -0.05) is 82.2 Å². The quantitative estimate of drug-likeness (QED) is 0.105. The van der Waals surface area contributed by atoms with Crippen molar-refractivity contribution in [1.82, 2.24) is 0 Å². The van der Waals surface area contributed by atoms with Crippen molar-refractivity contribution in [3.8, 4) is 0 Å². The minimum atomic E-state index is -0.523. The summed E-state index contributed by atoms with van der Waals surface area (Å²) in [6, 6.07) is 0. The first-order valence-electron chi connectivity index (χ1n) is 14.8. The summed E-state index contributed by atoms with van der Waals surface area (Å²) < 4.78 is 6.42. The zero-order valence-corrected chi connectivity index (χ0v) is 24.5. The van der Waals surface area contributed by atoms with Crippen LogP contribution in [0.1, 0.15) is 138 Å². The third kappa shape index (κ3) is 14.5. The lowest BCUT2D eigenvalue weighted by Crippen LogP contribution is -2.28. The van der Waals surface area contributed by atoms with E-state index < -0.39 is 5.60 Å². The highest BCUT2D eigenvalue weighted by molar-refractivity contribution is 5.29. The van der Waals surface area contributed by atoms with Crippen molar-refractivity contribution in [2.45, 2.75) is 150 Å². The fourth-order valence-corrected chi connectivity index (χ4v) is 5.09. The van der Waals surface area contributed by atoms with Gasteiger partial charge in [0, 0.05) is 12.5 Å². The van der Waals surface area contributed by atoms with Crippen molar-refractivity contribution in [3.05, 3.63) is 41.4 Å². The lowest BCUT2D eigenvalue weighted by Gasteiger charge is -2.31. The average Bonchev–Trinajstić information content (AvgIpc) is 2.80. The van der Waals surface area contributed by atoms with Gasteiger partial charge in [0.2, 0.25) is 0 Å². The van der Waals surface area contributed by atoms with Gasteiger partial charge in [0.15, 0.2) is 0 Å². The monoisotopic (exact) mass is 487 g/mol. The molecular formula is C33H59O2-. The zero-order chi connectivity index (χ0) is 26.1. The van der Waals surface area contributed by atoms with Gasteiger partial charge in [0.1, 0.15) is 0 Å². The van der Waals surface area contributed by atoms with E-state index in [4.69, 9.17) is 4.74 Å². The number of aliphatic hydroxyl groups is 1. The van der Waals surface area contributed by atoms with Crippen LogP contribution >= 0.6 is 0 Å². The molecule has 1 aliphatic carbocycles. The molecule has 1 N–H and O–H groups in total. The number of allylic oxidation sites excluding steroid dienone is 4. The lowest BCUT2D eigenvalue weighted by molar-refractivity contribution is 0.0409. The molecule has 2 heteroatoms. The van der Waals surface area contributed by atoms with E-state index in [-0.39, 0.29) is 6.10 Å². The van der Waals surface area contributed by atoms with Gasteiger partial charge >= 0.3 is 0 Å². The Bertz CT molecular complexity index is 639. The van der Waals surface area contributed by atoms with Gasteiger partial charge < -0.3 is 16.3 Å². The number of unbranched alkanes of at least 4 members (excludes halogenated alkanes) is 5. The second kappa shape index (κ2) is 18.4. The molecule has 204 valence electrons. The highest BCUT2D eigenvalue weighted by Crippen LogP contribution is 2.32. The van der Waals surface area contributed by atoms with Crippen molar-refractivity contribution in [2.24, 2.45) is 11.8 Å². The van der Waals surface area contributed by atoms with Crippen LogP contribution in [0.15, 0.2) is 34.9 Å². The van der Waals surface area contributed by atoms with Crippen molar-refractivity contribution >= 4 is 0 Å². The van der Waals surface area contributed by atoms with Crippen molar-refractivity contribution in [2.75, 3.05) is 6.61 Å². The van der Waals surface area contributed by atoms with Crippen molar-refractivity contribution < 1.29 is 9.84 Å². The van der Waals surface area contributed by atoms with Gasteiger partial charge in [-0.05, 0) is 83.6 Å². The van der Waals surface area contributed by atoms with Crippen LogP contribution in [0.25, 0.3) is 0 Å². The average molecular weight is 488 g/mol. The highest BCUT2D eigenvalue weighted by Gasteiger charge is 2.26. The van der Waals surface area contributed by atoms with Crippen molar-refractivity contribution in [3.63, 3.8) is 0 Å². The molecule has 2 nitrogen and oxygen atoms in total. The second-order valence-corrected chi connectivity index (χ2v) is 11.7. The van der Waals surface area contributed by atoms with E-state index in [1.165, 1.54) is 68.1 Å². The molecule has 0 spiro atoms. The molecule has 1 aliphatic rings. The van der Waals surface area contributed by atoms with Gasteiger partial charge in [-0.25, -0.2) is 0 Å². The molecule has 4 atom stereocenters. The molecule has 0 heterocycles. The Kier molecular flexibility index (Phi) is 16.9. The smallest absolute Gasteiger partial charge is 0.0850 e. The minimum Gasteiger partial charge on any atom is -0.390 e. The van der Waals surface area contributed by atoms with Crippen LogP contribution in [0.3, 0.4) is 0 Å². The molecular weight excluding hydrogens is 428 g/mol. The highest BCUT2D eigenvalue weighted by atomic mass is 16.5. The number of ether oxygens (including phenoxy) is 1. The first-order valence-corrected chi connectivity index (χ1v) is 14.8. The molecule has 0 aromatic rings. The van der Waals surface area contributed by atoms with Gasteiger partial charge in [-0.15, -0.1) is 0 Å². The van der Waals surface area contributed by atoms with Crippen LogP contribution in [0, 0.1) is 18.3 Å². The molecule has 0 aliphatic heterocycles. The molecule has 0 amide bonds. The predicted octanol–water partition coefficient (Wildman–Crippen LogP) is 9.93. The Morgan fingerprint density at radius 1 is 1.14 bits per heavy atom. The molecule has 35 heavy (non-hydrogen) atoms. The SMILES string of the molecule is C[CH-]CCCC(C)(O)CC/C=C(\C)CCCC(C)CCC1=CC=C(C)C(C)C1OCCCCCC. The maximum Gasteiger partial charge on any atom is 0.0850 e. The summed E-state index contributed by atoms with van der Waals surface area (Å²) in [4.78, 5) is 0. The van der Waals surface area contributed by atoms with Crippen LogP contribution in [0.4, 0.5) is 0 Å². The number of rotatable bonds is 20. The van der Waals surface area contributed by atoms with Crippen LogP contribution in [-0.2, 0) is 4.74 Å². The first kappa shape index (κ1) is 32.2. The van der Waals surface area contributed by atoms with E-state index in [9.17, 15) is 5.11 Å². The Balaban J connectivity index is 2.34. The van der Waals surface area contributed by atoms with E-state index >= 15 is 0 Å². The third-order valence-corrected chi connectivity index (χ3v) is 7.97. The summed E-state index contributed by atoms with van der Waals surface area (Å²) in [5, 5.41) is 10.5. The van der Waals surface area contributed by atoms with E-state index in [0.29, 0.717) is 5.92 Å². The van der Waals surface area contributed by atoms with E-state index in [0.717, 1.165) is 51.0 Å². The molecule has 0 aromatic carbocycles. The zero-order valence-electron chi connectivity index (χ0n) is 24.5. The summed E-state index contributed by atoms with van der Waals surface area (Å²) in [6.45, 7) is 16.5. The molecule has 0 saturated carbocycles. The summed E-state index contributed by atoms with van der Waals surface area (Å²) in [5.41, 5.74) is 3.91. The van der Waals surface area contributed by atoms with Crippen LogP contribution < -0.4 is 0 Å². The van der Waals surface area contributed by atoms with E-state index in [1.807, 2.05) is 6.92 Å². The Labute approximate surface area is 219 Å². The molecule has 0 aromatic heterocycles. The van der Waals surface area contributed by atoms with Gasteiger partial charge in [0.25, 0.3) is 0 Å². The Morgan fingerprint density at radius 3 is 2.63 bits per heavy atom. The minimum absolute atomic E-state index is 0.274. The largest absolute Gasteiger partial charge is 0.390 e. The molecule has 0 fully saturated rings. The lowest BCUT2D eigenvalue weighted by atomic mass is 9.83. The van der Waals surface area contributed by atoms with Crippen molar-refractivity contribution in [1.29, 1.82) is 0 Å². The molecule has 4 unspecified atom stereocenters. The van der Waals surface area contributed by atoms with E-state index in [2.05, 4.69) is 66.2 Å². The normalized spacial score (nSPS) is 21.4. The summed E-state index contributed by atoms with van der Waals surface area (Å²) >= 11 is 0. The second-order valence-electron chi connectivity index (χ2n) is 11.7. The van der Waals surface area contributed by atoms with E-state index in [1.54, 1.807) is 0 Å². The maximum absolute atomic E-state index is 10.5. The molecule has 0 bridgehead atoms. The predicted molar refractivity (Wildman–Crippen MR) is 155 cm³/mol. The van der Waals surface area contributed by atoms with Crippen LogP contribution in [0.2, 0.25) is 0 Å². The molecule has 0 saturated heterocycles. The molecule has 1 rings (SSSR count). The summed E-state index contributed by atoms with van der Waals surface area (Å²) in [6.07, 6.45) is 25.6. The van der Waals surface area contributed by atoms with Gasteiger partial charge in [0.05, 0.1) is 11.7 Å². The topological polar surface area (TPSA) is 29.5 Å². The number of hydrogen-bond donors (Lipinski definition) is 1. The first-order chi connectivity index (χ1) is 16.7. The summed E-state index contributed by atoms with van der Waals surface area (Å²) in [5.74, 6) is 1.24. The molecule has 0 radical (unpaired) electrons. The summed E-state index contributed by atoms with van der Waals surface area (Å²) in [7, 11) is 0. The Morgan fingerprint density at radius 2 is 1.91 bits per heavy atom. The van der Waals surface area contributed by atoms with Gasteiger partial charge in [-0.2, -0.15) is 13.3 Å². The number of hydrogen-bond acceptors (Lipinski definition) is 2. The fourth-order valence-electron chi connectivity index (χ4n) is 5.09. The standard InChI is InChI=1S/C33H59O2/c1-8-10-12-14-26-35-32-30(6)29(5)21-23-31(32)22-20-28(4)18-15-17-27(3)19-16-25-33(7,34)24-13-11-9-2/h9,19,21,23,28,30,32,34H,8,10-18,20,22,24-26H2,1-7H3/q-1/b27-19+. The Hall–Kier alpha value is -0.860. The van der Waals surface area contributed by atoms with Crippen LogP contribution in [-0.4, -0.2) is 23.4 Å². The maximum atomic E-state index is 10.5. The third-order valence-electron chi connectivity index (χ3n) is 7.97. The fraction of sp³-hybridized carbons (Fsp3) is 0.788. The van der Waals surface area contributed by atoms with Gasteiger partial charge in [-0.3, -0.25) is 0 Å².